The molecule has 1 aromatic carbocycles. The summed E-state index contributed by atoms with van der Waals surface area (Å²) >= 11 is 0. The highest BCUT2D eigenvalue weighted by Gasteiger charge is 2.19. The van der Waals surface area contributed by atoms with E-state index in [4.69, 9.17) is 9.47 Å². The summed E-state index contributed by atoms with van der Waals surface area (Å²) in [7, 11) is 0. The van der Waals surface area contributed by atoms with Crippen molar-refractivity contribution in [1.29, 1.82) is 0 Å². The highest BCUT2D eigenvalue weighted by Crippen LogP contribution is 2.30. The minimum atomic E-state index is -0.327. The Morgan fingerprint density at radius 3 is 2.37 bits per heavy atom. The summed E-state index contributed by atoms with van der Waals surface area (Å²) in [5.41, 5.74) is 2.24. The first-order valence-electron chi connectivity index (χ1n) is 11.1. The Morgan fingerprint density at radius 1 is 1.03 bits per heavy atom. The minimum Gasteiger partial charge on any atom is -0.488 e. The van der Waals surface area contributed by atoms with Crippen LogP contribution in [0.15, 0.2) is 42.6 Å². The van der Waals surface area contributed by atoms with Gasteiger partial charge in [0.15, 0.2) is 0 Å². The number of carbonyl (C=O) groups is 1. The molecule has 0 fully saturated rings. The van der Waals surface area contributed by atoms with Gasteiger partial charge in [-0.05, 0) is 37.6 Å². The number of pyridine rings is 1. The lowest BCUT2D eigenvalue weighted by molar-refractivity contribution is 0.0531. The molecule has 0 aliphatic heterocycles. The van der Waals surface area contributed by atoms with E-state index in [1.165, 1.54) is 25.7 Å². The maximum atomic E-state index is 12.4. The van der Waals surface area contributed by atoms with Gasteiger partial charge in [0, 0.05) is 17.6 Å². The molecule has 1 unspecified atom stereocenters. The number of unbranched alkanes of at least 4 members (excludes halogenated alkanes) is 3. The quantitative estimate of drug-likeness (QED) is 0.345. The second-order valence-electron chi connectivity index (χ2n) is 7.27. The largest absolute Gasteiger partial charge is 0.488 e. The van der Waals surface area contributed by atoms with Crippen LogP contribution in [0.25, 0.3) is 16.4 Å². The van der Waals surface area contributed by atoms with Crippen molar-refractivity contribution >= 4 is 22.4 Å². The Morgan fingerprint density at radius 2 is 1.77 bits per heavy atom. The van der Waals surface area contributed by atoms with Crippen LogP contribution < -0.4 is 4.74 Å². The van der Waals surface area contributed by atoms with E-state index >= 15 is 0 Å². The van der Waals surface area contributed by atoms with Gasteiger partial charge in [-0.2, -0.15) is 0 Å². The molecule has 1 atom stereocenters. The number of hydrogen-bond acceptors (Lipinski definition) is 4. The number of carbonyl (C=O) groups excluding carboxylic acids is 1. The summed E-state index contributed by atoms with van der Waals surface area (Å²) in [4.78, 5) is 12.4. The molecule has 0 saturated heterocycles. The van der Waals surface area contributed by atoms with Crippen LogP contribution >= 0.6 is 0 Å². The number of aliphatic hydroxyl groups excluding tert-OH is 1. The van der Waals surface area contributed by atoms with E-state index in [-0.39, 0.29) is 18.7 Å². The maximum absolute atomic E-state index is 12.4. The van der Waals surface area contributed by atoms with Crippen molar-refractivity contribution in [3.05, 3.63) is 48.2 Å². The van der Waals surface area contributed by atoms with Crippen molar-refractivity contribution in [2.45, 2.75) is 65.9 Å². The SMILES string of the molecule is CCCCCC.CCOC(=O)c1c2ccc(OC(CC)CO)cc2n2ccccc12. The molecule has 2 aromatic heterocycles. The van der Waals surface area contributed by atoms with Crippen LogP contribution in [0.3, 0.4) is 0 Å². The summed E-state index contributed by atoms with van der Waals surface area (Å²) in [5.74, 6) is 0.341. The fourth-order valence-electron chi connectivity index (χ4n) is 3.35. The Hall–Kier alpha value is -2.53. The smallest absolute Gasteiger partial charge is 0.340 e. The third kappa shape index (κ3) is 5.76. The molecule has 1 N–H and O–H groups in total. The standard InChI is InChI=1S/C19H21NO4.C6H14/c1-3-13(12-21)24-14-8-9-15-17(11-14)20-10-6-5-7-16(20)18(15)19(22)23-4-2;1-3-5-6-4-2/h5-11,13,21H,3-4,12H2,1-2H3;3-6H2,1-2H3. The number of nitrogens with zero attached hydrogens (tertiary/aromatic N) is 1. The highest BCUT2D eigenvalue weighted by molar-refractivity contribution is 6.11. The van der Waals surface area contributed by atoms with Crippen LogP contribution in [-0.2, 0) is 4.74 Å². The first-order valence-corrected chi connectivity index (χ1v) is 11.1. The van der Waals surface area contributed by atoms with Gasteiger partial charge in [0.1, 0.15) is 11.9 Å². The summed E-state index contributed by atoms with van der Waals surface area (Å²) < 4.78 is 13.0. The van der Waals surface area contributed by atoms with Crippen molar-refractivity contribution in [2.75, 3.05) is 13.2 Å². The summed E-state index contributed by atoms with van der Waals surface area (Å²) in [6, 6.07) is 11.3. The Bertz CT molecular complexity index is 923. The summed E-state index contributed by atoms with van der Waals surface area (Å²) in [5, 5.41) is 10.1. The fourth-order valence-corrected chi connectivity index (χ4v) is 3.35. The van der Waals surface area contributed by atoms with Crippen molar-refractivity contribution in [3.63, 3.8) is 0 Å². The highest BCUT2D eigenvalue weighted by atomic mass is 16.5. The predicted octanol–water partition coefficient (Wildman–Crippen LogP) is 6.01. The number of rotatable bonds is 9. The van der Waals surface area contributed by atoms with Crippen molar-refractivity contribution in [1.82, 2.24) is 4.40 Å². The van der Waals surface area contributed by atoms with Crippen molar-refractivity contribution < 1.29 is 19.4 Å². The molecule has 2 heterocycles. The molecule has 0 bridgehead atoms. The second kappa shape index (κ2) is 12.2. The number of benzene rings is 1. The topological polar surface area (TPSA) is 60.2 Å². The van der Waals surface area contributed by atoms with Crippen molar-refractivity contribution in [2.24, 2.45) is 0 Å². The molecule has 30 heavy (non-hydrogen) atoms. The van der Waals surface area contributed by atoms with E-state index in [1.807, 2.05) is 53.9 Å². The molecule has 3 aromatic rings. The van der Waals surface area contributed by atoms with Gasteiger partial charge in [0.2, 0.25) is 0 Å². The first kappa shape index (κ1) is 23.7. The number of ether oxygens (including phenoxy) is 2. The molecular weight excluding hydrogens is 378 g/mol. The Balaban J connectivity index is 0.000000469. The van der Waals surface area contributed by atoms with Gasteiger partial charge in [0.25, 0.3) is 0 Å². The predicted molar refractivity (Wildman–Crippen MR) is 122 cm³/mol. The monoisotopic (exact) mass is 413 g/mol. The van der Waals surface area contributed by atoms with E-state index in [2.05, 4.69) is 13.8 Å². The van der Waals surface area contributed by atoms with Gasteiger partial charge in [-0.3, -0.25) is 0 Å². The van der Waals surface area contributed by atoms with E-state index in [9.17, 15) is 9.90 Å². The average Bonchev–Trinajstić information content (AvgIpc) is 3.10. The molecule has 0 spiro atoms. The number of fused-ring (bicyclic) bond motifs is 3. The van der Waals surface area contributed by atoms with E-state index in [0.717, 1.165) is 22.8 Å². The summed E-state index contributed by atoms with van der Waals surface area (Å²) in [6.07, 6.45) is 7.93. The molecule has 0 aliphatic rings. The lowest BCUT2D eigenvalue weighted by Crippen LogP contribution is -2.19. The van der Waals surface area contributed by atoms with Crippen LogP contribution in [-0.4, -0.2) is 34.8 Å². The van der Waals surface area contributed by atoms with Gasteiger partial charge >= 0.3 is 5.97 Å². The minimum absolute atomic E-state index is 0.0302. The zero-order valence-corrected chi connectivity index (χ0v) is 18.7. The number of aliphatic hydroxyl groups is 1. The van der Waals surface area contributed by atoms with Gasteiger partial charge in [-0.1, -0.05) is 52.5 Å². The molecule has 0 radical (unpaired) electrons. The first-order chi connectivity index (χ1) is 14.6. The Labute approximate surface area is 179 Å². The van der Waals surface area contributed by atoms with Crippen LogP contribution in [0.1, 0.15) is 70.2 Å². The van der Waals surface area contributed by atoms with E-state index in [1.54, 1.807) is 6.92 Å². The van der Waals surface area contributed by atoms with Crippen LogP contribution in [0.2, 0.25) is 0 Å². The van der Waals surface area contributed by atoms with Crippen LogP contribution in [0.4, 0.5) is 0 Å². The molecule has 5 heteroatoms. The van der Waals surface area contributed by atoms with Gasteiger partial charge in [0.05, 0.1) is 29.8 Å². The molecular formula is C25H35NO4. The molecule has 164 valence electrons. The van der Waals surface area contributed by atoms with E-state index in [0.29, 0.717) is 17.9 Å². The fraction of sp³-hybridized carbons (Fsp3) is 0.480. The Kier molecular flexibility index (Phi) is 9.68. The lowest BCUT2D eigenvalue weighted by atomic mass is 10.1. The average molecular weight is 414 g/mol. The molecule has 5 nitrogen and oxygen atoms in total. The summed E-state index contributed by atoms with van der Waals surface area (Å²) in [6.45, 7) is 8.53. The second-order valence-corrected chi connectivity index (χ2v) is 7.27. The van der Waals surface area contributed by atoms with Gasteiger partial charge in [-0.25, -0.2) is 4.79 Å². The van der Waals surface area contributed by atoms with Gasteiger partial charge in [-0.15, -0.1) is 0 Å². The molecule has 3 rings (SSSR count). The number of esters is 1. The molecule has 0 amide bonds. The van der Waals surface area contributed by atoms with Crippen molar-refractivity contribution in [3.8, 4) is 5.75 Å². The molecule has 0 saturated carbocycles. The normalized spacial score (nSPS) is 11.8. The van der Waals surface area contributed by atoms with Crippen LogP contribution in [0, 0.1) is 0 Å². The lowest BCUT2D eigenvalue weighted by Gasteiger charge is -2.14. The van der Waals surface area contributed by atoms with E-state index < -0.39 is 0 Å². The molecule has 0 aliphatic carbocycles. The third-order valence-electron chi connectivity index (χ3n) is 5.01. The zero-order chi connectivity index (χ0) is 21.9. The van der Waals surface area contributed by atoms with Gasteiger partial charge < -0.3 is 19.0 Å². The maximum Gasteiger partial charge on any atom is 0.340 e. The number of hydrogen-bond donors (Lipinski definition) is 1. The number of aromatic nitrogens is 1. The van der Waals surface area contributed by atoms with Crippen LogP contribution in [0.5, 0.6) is 5.75 Å². The zero-order valence-electron chi connectivity index (χ0n) is 18.7. The third-order valence-corrected chi connectivity index (χ3v) is 5.01.